The maximum absolute atomic E-state index is 11.7. The Morgan fingerprint density at radius 3 is 2.74 bits per heavy atom. The number of rotatable bonds is 3. The monoisotopic (exact) mass is 315 g/mol. The quantitative estimate of drug-likeness (QED) is 0.866. The van der Waals surface area contributed by atoms with Crippen LogP contribution in [-0.2, 0) is 4.74 Å². The molecule has 2 aromatic heterocycles. The molecule has 0 amide bonds. The Morgan fingerprint density at radius 2 is 2.04 bits per heavy atom. The molecule has 3 rings (SSSR count). The van der Waals surface area contributed by atoms with E-state index < -0.39 is 5.97 Å². The molecule has 23 heavy (non-hydrogen) atoms. The predicted molar refractivity (Wildman–Crippen MR) is 87.0 cm³/mol. The molecule has 7 heteroatoms. The molecule has 2 N–H and O–H groups in total. The number of carbonyl (C=O) groups excluding carboxylic acids is 1. The number of likely N-dealkylation sites (tertiary alicyclic amines) is 1. The summed E-state index contributed by atoms with van der Waals surface area (Å²) in [6.07, 6.45) is 7.63. The molecule has 0 unspecified atom stereocenters. The van der Waals surface area contributed by atoms with Crippen molar-refractivity contribution in [1.29, 1.82) is 0 Å². The number of piperidine rings is 1. The highest BCUT2D eigenvalue weighted by Crippen LogP contribution is 2.26. The molecule has 0 atom stereocenters. The Morgan fingerprint density at radius 1 is 1.30 bits per heavy atom. The van der Waals surface area contributed by atoms with Crippen molar-refractivity contribution in [2.75, 3.05) is 33.0 Å². The number of methoxy groups -OCH3 is 1. The smallest absolute Gasteiger partial charge is 0.341 e. The number of esters is 1. The van der Waals surface area contributed by atoms with Crippen LogP contribution in [0.1, 0.15) is 29.2 Å². The normalized spacial score (nSPS) is 16.4. The minimum atomic E-state index is -0.487. The van der Waals surface area contributed by atoms with Crippen molar-refractivity contribution in [2.24, 2.45) is 0 Å². The molecule has 0 aliphatic carbocycles. The van der Waals surface area contributed by atoms with E-state index in [0.29, 0.717) is 6.04 Å². The number of nitrogens with zero attached hydrogens (tertiary/aromatic N) is 4. The summed E-state index contributed by atoms with van der Waals surface area (Å²) in [5.41, 5.74) is 7.74. The minimum absolute atomic E-state index is 0.170. The zero-order valence-electron chi connectivity index (χ0n) is 13.4. The van der Waals surface area contributed by atoms with Crippen molar-refractivity contribution in [3.63, 3.8) is 0 Å². The summed E-state index contributed by atoms with van der Waals surface area (Å²) in [6, 6.07) is 2.12. The largest absolute Gasteiger partial charge is 0.465 e. The summed E-state index contributed by atoms with van der Waals surface area (Å²) in [6.45, 7) is 2.16. The van der Waals surface area contributed by atoms with Gasteiger partial charge in [-0.1, -0.05) is 0 Å². The van der Waals surface area contributed by atoms with Crippen LogP contribution < -0.4 is 5.73 Å². The van der Waals surface area contributed by atoms with Crippen molar-refractivity contribution < 1.29 is 9.53 Å². The molecule has 0 saturated carbocycles. The fourth-order valence-corrected chi connectivity index (χ4v) is 2.85. The van der Waals surface area contributed by atoms with E-state index in [9.17, 15) is 4.79 Å². The standard InChI is InChI=1S/C16H21N5O2/c1-20-5-3-13(4-6-20)21-10-12(9-19-21)11-7-14(16(22)23-2)15(17)18-8-11/h7-10,13H,3-6H2,1-2H3,(H2,17,18). The van der Waals surface area contributed by atoms with E-state index in [0.717, 1.165) is 37.1 Å². The molecule has 0 radical (unpaired) electrons. The third-order valence-electron chi connectivity index (χ3n) is 4.32. The molecule has 0 bridgehead atoms. The van der Waals surface area contributed by atoms with Crippen LogP contribution in [0.5, 0.6) is 0 Å². The number of ether oxygens (including phenoxy) is 1. The van der Waals surface area contributed by atoms with Gasteiger partial charge in [0, 0.05) is 23.5 Å². The average Bonchev–Trinajstić information content (AvgIpc) is 3.05. The topological polar surface area (TPSA) is 86.3 Å². The summed E-state index contributed by atoms with van der Waals surface area (Å²) >= 11 is 0. The number of carbonyl (C=O) groups is 1. The molecule has 1 saturated heterocycles. The van der Waals surface area contributed by atoms with Gasteiger partial charge in [-0.2, -0.15) is 5.10 Å². The van der Waals surface area contributed by atoms with Gasteiger partial charge in [-0.3, -0.25) is 4.68 Å². The number of aromatic nitrogens is 3. The number of pyridine rings is 1. The highest BCUT2D eigenvalue weighted by Gasteiger charge is 2.19. The van der Waals surface area contributed by atoms with Crippen molar-refractivity contribution in [3.05, 3.63) is 30.2 Å². The molecule has 1 aliphatic heterocycles. The van der Waals surface area contributed by atoms with Crippen LogP contribution in [0.2, 0.25) is 0 Å². The van der Waals surface area contributed by atoms with Gasteiger partial charge < -0.3 is 15.4 Å². The average molecular weight is 315 g/mol. The molecule has 3 heterocycles. The first-order chi connectivity index (χ1) is 11.1. The van der Waals surface area contributed by atoms with Crippen LogP contribution in [0.4, 0.5) is 5.82 Å². The first-order valence-corrected chi connectivity index (χ1v) is 7.65. The van der Waals surface area contributed by atoms with Crippen LogP contribution in [0, 0.1) is 0 Å². The van der Waals surface area contributed by atoms with Gasteiger partial charge in [0.15, 0.2) is 0 Å². The lowest BCUT2D eigenvalue weighted by molar-refractivity contribution is 0.0601. The lowest BCUT2D eigenvalue weighted by Gasteiger charge is -2.28. The van der Waals surface area contributed by atoms with Gasteiger partial charge in [-0.25, -0.2) is 9.78 Å². The van der Waals surface area contributed by atoms with E-state index >= 15 is 0 Å². The molecule has 1 fully saturated rings. The van der Waals surface area contributed by atoms with Crippen LogP contribution in [-0.4, -0.2) is 52.9 Å². The number of hydrogen-bond donors (Lipinski definition) is 1. The Bertz CT molecular complexity index is 704. The highest BCUT2D eigenvalue weighted by atomic mass is 16.5. The third-order valence-corrected chi connectivity index (χ3v) is 4.32. The fourth-order valence-electron chi connectivity index (χ4n) is 2.85. The van der Waals surface area contributed by atoms with Crippen molar-refractivity contribution in [3.8, 4) is 11.1 Å². The lowest BCUT2D eigenvalue weighted by atomic mass is 10.1. The van der Waals surface area contributed by atoms with Crippen LogP contribution in [0.15, 0.2) is 24.7 Å². The van der Waals surface area contributed by atoms with Gasteiger partial charge in [0.05, 0.1) is 19.3 Å². The van der Waals surface area contributed by atoms with Gasteiger partial charge in [0.25, 0.3) is 0 Å². The molecule has 122 valence electrons. The number of anilines is 1. The van der Waals surface area contributed by atoms with Gasteiger partial charge in [-0.05, 0) is 39.0 Å². The minimum Gasteiger partial charge on any atom is -0.465 e. The van der Waals surface area contributed by atoms with Crippen molar-refractivity contribution in [2.45, 2.75) is 18.9 Å². The molecular weight excluding hydrogens is 294 g/mol. The Kier molecular flexibility index (Phi) is 4.29. The van der Waals surface area contributed by atoms with E-state index in [1.54, 1.807) is 18.5 Å². The fraction of sp³-hybridized carbons (Fsp3) is 0.438. The third kappa shape index (κ3) is 3.19. The summed E-state index contributed by atoms with van der Waals surface area (Å²) < 4.78 is 6.74. The zero-order valence-corrected chi connectivity index (χ0v) is 13.4. The van der Waals surface area contributed by atoms with Crippen molar-refractivity contribution in [1.82, 2.24) is 19.7 Å². The maximum atomic E-state index is 11.7. The highest BCUT2D eigenvalue weighted by molar-refractivity contribution is 5.95. The molecule has 7 nitrogen and oxygen atoms in total. The first-order valence-electron chi connectivity index (χ1n) is 7.65. The molecule has 1 aliphatic rings. The van der Waals surface area contributed by atoms with Crippen molar-refractivity contribution >= 4 is 11.8 Å². The second kappa shape index (κ2) is 6.37. The SMILES string of the molecule is COC(=O)c1cc(-c2cnn(C3CCN(C)CC3)c2)cnc1N. The van der Waals surface area contributed by atoms with Gasteiger partial charge >= 0.3 is 5.97 Å². The lowest BCUT2D eigenvalue weighted by Crippen LogP contribution is -2.31. The Labute approximate surface area is 135 Å². The van der Waals surface area contributed by atoms with E-state index in [1.165, 1.54) is 7.11 Å². The van der Waals surface area contributed by atoms with E-state index in [2.05, 4.69) is 22.0 Å². The molecular formula is C16H21N5O2. The molecule has 0 aromatic carbocycles. The molecule has 0 spiro atoms. The zero-order chi connectivity index (χ0) is 16.4. The number of hydrogen-bond acceptors (Lipinski definition) is 6. The summed E-state index contributed by atoms with van der Waals surface area (Å²) in [7, 11) is 3.46. The van der Waals surface area contributed by atoms with Gasteiger partial charge in [0.1, 0.15) is 11.4 Å². The summed E-state index contributed by atoms with van der Waals surface area (Å²) in [5, 5.41) is 4.48. The summed E-state index contributed by atoms with van der Waals surface area (Å²) in [5.74, 6) is -0.317. The predicted octanol–water partition coefficient (Wildman–Crippen LogP) is 1.58. The van der Waals surface area contributed by atoms with E-state index in [1.807, 2.05) is 10.9 Å². The van der Waals surface area contributed by atoms with E-state index in [4.69, 9.17) is 10.5 Å². The van der Waals surface area contributed by atoms with Crippen LogP contribution >= 0.6 is 0 Å². The maximum Gasteiger partial charge on any atom is 0.341 e. The van der Waals surface area contributed by atoms with E-state index in [-0.39, 0.29) is 11.4 Å². The Hall–Kier alpha value is -2.41. The summed E-state index contributed by atoms with van der Waals surface area (Å²) in [4.78, 5) is 18.1. The second-order valence-electron chi connectivity index (χ2n) is 5.89. The van der Waals surface area contributed by atoms with Crippen LogP contribution in [0.3, 0.4) is 0 Å². The Balaban J connectivity index is 1.84. The first kappa shape index (κ1) is 15.5. The van der Waals surface area contributed by atoms with Crippen LogP contribution in [0.25, 0.3) is 11.1 Å². The number of nitrogen functional groups attached to an aromatic ring is 1. The molecule has 2 aromatic rings. The number of nitrogens with two attached hydrogens (primary N) is 1. The van der Waals surface area contributed by atoms with Gasteiger partial charge in [-0.15, -0.1) is 0 Å². The second-order valence-corrected chi connectivity index (χ2v) is 5.89. The van der Waals surface area contributed by atoms with Gasteiger partial charge in [0.2, 0.25) is 0 Å².